The number of carbonyl (C=O) groups is 5. The molecule has 1 saturated heterocycles. The van der Waals surface area contributed by atoms with Gasteiger partial charge in [-0.3, -0.25) is 24.3 Å². The zero-order valence-electron chi connectivity index (χ0n) is 35.0. The molecule has 3 atom stereocenters. The smallest absolute Gasteiger partial charge is 0.408 e. The summed E-state index contributed by atoms with van der Waals surface area (Å²) >= 11 is 0. The Morgan fingerprint density at radius 1 is 0.982 bits per heavy atom. The van der Waals surface area contributed by atoms with Crippen LogP contribution in [0.3, 0.4) is 0 Å². The number of carbonyl (C=O) groups excluding carboxylic acids is 4. The average molecular weight is 785 g/mol. The second-order valence-electron chi connectivity index (χ2n) is 14.3. The van der Waals surface area contributed by atoms with Gasteiger partial charge in [0.2, 0.25) is 11.8 Å². The van der Waals surface area contributed by atoms with Crippen LogP contribution in [0.15, 0.2) is 31.0 Å². The molecule has 56 heavy (non-hydrogen) atoms. The number of carboxylic acid groups (broad SMARTS) is 1. The summed E-state index contributed by atoms with van der Waals surface area (Å²) in [5.74, 6) is 1.12. The number of nitrogens with zero attached hydrogens (tertiary/aromatic N) is 3. The molecule has 1 aromatic rings. The van der Waals surface area contributed by atoms with E-state index in [1.54, 1.807) is 25.1 Å². The number of amides is 3. The molecule has 4 fully saturated rings. The average Bonchev–Trinajstić information content (AvgIpc) is 3.57. The number of rotatable bonds is 9. The van der Waals surface area contributed by atoms with Gasteiger partial charge in [-0.1, -0.05) is 65.0 Å². The normalized spacial score (nSPS) is 19.3. The number of ether oxygens (including phenoxy) is 1. The maximum absolute atomic E-state index is 13.1. The minimum atomic E-state index is -0.560. The molecule has 13 nitrogen and oxygen atoms in total. The van der Waals surface area contributed by atoms with E-state index in [4.69, 9.17) is 14.6 Å². The van der Waals surface area contributed by atoms with Crippen molar-refractivity contribution in [3.05, 3.63) is 42.2 Å². The Hall–Kier alpha value is -4.28. The van der Waals surface area contributed by atoms with E-state index >= 15 is 0 Å². The maximum Gasteiger partial charge on any atom is 0.408 e. The van der Waals surface area contributed by atoms with Crippen molar-refractivity contribution in [2.45, 2.75) is 148 Å². The number of aromatic nitrogens is 1. The zero-order valence-corrected chi connectivity index (χ0v) is 35.0. The summed E-state index contributed by atoms with van der Waals surface area (Å²) in [5, 5.41) is 15.2. The van der Waals surface area contributed by atoms with E-state index in [2.05, 4.69) is 65.3 Å². The van der Waals surface area contributed by atoms with E-state index in [1.165, 1.54) is 30.5 Å². The number of fused-ring (bicyclic) bond motifs is 1. The number of likely N-dealkylation sites (tertiary alicyclic amines) is 1. The number of alkyl carbamates (subject to hydrolysis) is 1. The van der Waals surface area contributed by atoms with Crippen molar-refractivity contribution in [3.63, 3.8) is 0 Å². The van der Waals surface area contributed by atoms with Crippen molar-refractivity contribution in [2.75, 3.05) is 27.7 Å². The number of terminal acetylenes is 1. The van der Waals surface area contributed by atoms with Gasteiger partial charge >= 0.3 is 6.09 Å². The summed E-state index contributed by atoms with van der Waals surface area (Å²) in [6.45, 7) is 12.2. The van der Waals surface area contributed by atoms with Crippen molar-refractivity contribution < 1.29 is 33.8 Å². The van der Waals surface area contributed by atoms with E-state index in [0.29, 0.717) is 13.0 Å². The SMILES string of the molecule is C#C.C=CCC(NC)C(=O)NC.CC.CC1CC1.CN1Cc2cccnc2C1.O=CC1CCCN1C(=O)C(NC(=O)OC1CCCC1)C1CCCCC1.O=CO. The quantitative estimate of drug-likeness (QED) is 0.130. The Morgan fingerprint density at radius 2 is 1.57 bits per heavy atom. The van der Waals surface area contributed by atoms with Crippen LogP contribution in [0.2, 0.25) is 0 Å². The van der Waals surface area contributed by atoms with Crippen LogP contribution < -0.4 is 16.0 Å². The standard InChI is InChI=1S/C19H30N2O4.C8H10N2.C7H14N2O.C4H8.C2H6.C2H2.CH2O2/c22-13-15-9-6-12-21(15)18(23)17(14-7-2-1-3-8-14)20-19(24)25-16-10-4-5-11-16;1-10-5-7-3-2-4-9-8(7)6-10;1-4-5-6(8-2)7(10)9-3;1-4-2-3-4;2*1-2;2-1-3/h13-17H,1-12H2,(H,20,24);2-4H,5-6H2,1H3;4,6,8H,1,5H2,2-3H3,(H,9,10);4H,2-3H2,1H3;1-2H3;1-2H;1H,(H,2,3). The Balaban J connectivity index is 0.000000802. The molecule has 0 radical (unpaired) electrons. The second kappa shape index (κ2) is 31.9. The van der Waals surface area contributed by atoms with E-state index in [1.807, 2.05) is 26.1 Å². The van der Waals surface area contributed by atoms with Gasteiger partial charge in [0.1, 0.15) is 18.4 Å². The van der Waals surface area contributed by atoms with Gasteiger partial charge in [-0.15, -0.1) is 19.4 Å². The van der Waals surface area contributed by atoms with Crippen molar-refractivity contribution in [2.24, 2.45) is 11.8 Å². The van der Waals surface area contributed by atoms with Crippen LogP contribution in [0.4, 0.5) is 4.79 Å². The molecule has 3 amide bonds. The topological polar surface area (TPSA) is 170 Å². The number of nitrogens with one attached hydrogen (secondary N) is 3. The summed E-state index contributed by atoms with van der Waals surface area (Å²) in [6, 6.07) is 3.10. The first-order valence-corrected chi connectivity index (χ1v) is 20.4. The molecular weight excluding hydrogens is 713 g/mol. The fraction of sp³-hybridized carbons (Fsp3) is 0.674. The summed E-state index contributed by atoms with van der Waals surface area (Å²) in [4.78, 5) is 64.2. The van der Waals surface area contributed by atoms with E-state index < -0.39 is 12.1 Å². The highest BCUT2D eigenvalue weighted by Crippen LogP contribution is 2.30. The Kier molecular flexibility index (Phi) is 29.4. The fourth-order valence-electron chi connectivity index (χ4n) is 6.78. The van der Waals surface area contributed by atoms with Crippen molar-refractivity contribution in [1.29, 1.82) is 0 Å². The third-order valence-electron chi connectivity index (χ3n) is 10.0. The number of pyridine rings is 1. The molecule has 0 spiro atoms. The molecule has 3 saturated carbocycles. The predicted molar refractivity (Wildman–Crippen MR) is 222 cm³/mol. The van der Waals surface area contributed by atoms with Gasteiger partial charge in [0, 0.05) is 32.9 Å². The van der Waals surface area contributed by atoms with Gasteiger partial charge in [0.25, 0.3) is 6.47 Å². The fourth-order valence-corrected chi connectivity index (χ4v) is 6.78. The molecule has 0 aromatic carbocycles. The number of likely N-dealkylation sites (N-methyl/N-ethyl adjacent to an activating group) is 2. The first kappa shape index (κ1) is 51.7. The largest absolute Gasteiger partial charge is 0.483 e. The van der Waals surface area contributed by atoms with Crippen LogP contribution in [0.5, 0.6) is 0 Å². The highest BCUT2D eigenvalue weighted by atomic mass is 16.6. The van der Waals surface area contributed by atoms with Gasteiger partial charge in [0.05, 0.1) is 17.8 Å². The van der Waals surface area contributed by atoms with Crippen LogP contribution in [0.25, 0.3) is 0 Å². The zero-order chi connectivity index (χ0) is 42.3. The summed E-state index contributed by atoms with van der Waals surface area (Å²) in [6.07, 6.45) is 26.4. The van der Waals surface area contributed by atoms with Gasteiger partial charge < -0.3 is 35.5 Å². The number of aldehydes is 1. The van der Waals surface area contributed by atoms with E-state index in [-0.39, 0.29) is 42.4 Å². The van der Waals surface area contributed by atoms with E-state index in [9.17, 15) is 19.2 Å². The molecule has 1 aromatic heterocycles. The molecule has 316 valence electrons. The minimum Gasteiger partial charge on any atom is -0.483 e. The van der Waals surface area contributed by atoms with Gasteiger partial charge in [0.15, 0.2) is 0 Å². The van der Waals surface area contributed by atoms with Crippen LogP contribution >= 0.6 is 0 Å². The predicted octanol–water partition coefficient (Wildman–Crippen LogP) is 6.11. The van der Waals surface area contributed by atoms with Crippen molar-refractivity contribution >= 4 is 30.7 Å². The maximum atomic E-state index is 13.1. The van der Waals surface area contributed by atoms with Crippen molar-refractivity contribution in [3.8, 4) is 12.8 Å². The molecule has 3 aliphatic carbocycles. The third kappa shape index (κ3) is 20.6. The van der Waals surface area contributed by atoms with Crippen LogP contribution in [0.1, 0.15) is 122 Å². The second-order valence-corrected chi connectivity index (χ2v) is 14.3. The molecule has 2 aliphatic heterocycles. The Labute approximate surface area is 337 Å². The first-order valence-electron chi connectivity index (χ1n) is 20.4. The monoisotopic (exact) mass is 785 g/mol. The molecule has 4 N–H and O–H groups in total. The first-order chi connectivity index (χ1) is 27.1. The number of hydrogen-bond acceptors (Lipinski definition) is 9. The van der Waals surface area contributed by atoms with Crippen LogP contribution in [0, 0.1) is 24.7 Å². The summed E-state index contributed by atoms with van der Waals surface area (Å²) < 4.78 is 5.51. The lowest BCUT2D eigenvalue weighted by molar-refractivity contribution is -0.138. The van der Waals surface area contributed by atoms with Gasteiger partial charge in [-0.05, 0) is 95.3 Å². The van der Waals surface area contributed by atoms with E-state index in [0.717, 1.165) is 89.5 Å². The lowest BCUT2D eigenvalue weighted by Crippen LogP contribution is -2.54. The van der Waals surface area contributed by atoms with Crippen LogP contribution in [-0.2, 0) is 37.0 Å². The highest BCUT2D eigenvalue weighted by molar-refractivity contribution is 5.88. The Morgan fingerprint density at radius 3 is 2.07 bits per heavy atom. The van der Waals surface area contributed by atoms with Gasteiger partial charge in [-0.2, -0.15) is 0 Å². The molecule has 6 rings (SSSR count). The molecule has 5 aliphatic rings. The third-order valence-corrected chi connectivity index (χ3v) is 10.0. The van der Waals surface area contributed by atoms with Gasteiger partial charge in [-0.25, -0.2) is 4.79 Å². The molecule has 13 heteroatoms. The molecule has 3 unspecified atom stereocenters. The van der Waals surface area contributed by atoms with Crippen LogP contribution in [-0.4, -0.2) is 102 Å². The lowest BCUT2D eigenvalue weighted by Gasteiger charge is -2.33. The highest BCUT2D eigenvalue weighted by Gasteiger charge is 2.38. The lowest BCUT2D eigenvalue weighted by atomic mass is 9.83. The summed E-state index contributed by atoms with van der Waals surface area (Å²) in [7, 11) is 5.49. The Bertz CT molecular complexity index is 1250. The molecular formula is C43H72N6O7. The minimum absolute atomic E-state index is 0.00222. The van der Waals surface area contributed by atoms with Crippen molar-refractivity contribution in [1.82, 2.24) is 30.7 Å². The molecule has 0 bridgehead atoms. The number of hydrogen-bond donors (Lipinski definition) is 4. The summed E-state index contributed by atoms with van der Waals surface area (Å²) in [5.41, 5.74) is 2.62. The molecule has 3 heterocycles.